The Morgan fingerprint density at radius 2 is 2.03 bits per heavy atom. The fraction of sp³-hybridized carbons (Fsp3) is 0.455. The number of thiophene rings is 1. The van der Waals surface area contributed by atoms with Crippen LogP contribution in [0.2, 0.25) is 0 Å². The van der Waals surface area contributed by atoms with Crippen molar-refractivity contribution in [2.75, 3.05) is 20.3 Å². The zero-order chi connectivity index (χ0) is 20.6. The van der Waals surface area contributed by atoms with Crippen LogP contribution < -0.4 is 15.0 Å². The Labute approximate surface area is 175 Å². The minimum atomic E-state index is -0.858. The second-order valence-corrected chi connectivity index (χ2v) is 9.18. The Bertz CT molecular complexity index is 910. The highest BCUT2D eigenvalue weighted by atomic mass is 32.1. The lowest BCUT2D eigenvalue weighted by Gasteiger charge is -2.32. The van der Waals surface area contributed by atoms with Crippen LogP contribution in [-0.4, -0.2) is 42.7 Å². The van der Waals surface area contributed by atoms with Crippen LogP contribution in [0.5, 0.6) is 5.75 Å². The van der Waals surface area contributed by atoms with Gasteiger partial charge in [0.15, 0.2) is 6.67 Å². The van der Waals surface area contributed by atoms with Gasteiger partial charge in [0.2, 0.25) is 0 Å². The molecule has 2 aromatic rings. The van der Waals surface area contributed by atoms with Crippen LogP contribution in [-0.2, 0) is 17.6 Å². The van der Waals surface area contributed by atoms with E-state index in [2.05, 4.69) is 23.7 Å². The van der Waals surface area contributed by atoms with E-state index in [1.54, 1.807) is 18.4 Å². The molecule has 2 aliphatic heterocycles. The van der Waals surface area contributed by atoms with Crippen molar-refractivity contribution in [3.05, 3.63) is 51.7 Å². The van der Waals surface area contributed by atoms with Crippen LogP contribution >= 0.6 is 11.3 Å². The first-order valence-electron chi connectivity index (χ1n) is 10.1. The number of nitrogens with one attached hydrogen (secondary N) is 2. The third kappa shape index (κ3) is 3.76. The molecular weight excluding hydrogens is 386 g/mol. The van der Waals surface area contributed by atoms with Crippen molar-refractivity contribution < 1.29 is 19.2 Å². The summed E-state index contributed by atoms with van der Waals surface area (Å²) in [5.41, 5.74) is 1.61. The van der Waals surface area contributed by atoms with E-state index in [4.69, 9.17) is 4.74 Å². The maximum Gasteiger partial charge on any atom is 0.329 e. The molecule has 2 N–H and O–H groups in total. The molecular formula is C22H28N3O3S+. The number of nitrogens with zero attached hydrogens (tertiary/aromatic N) is 1. The van der Waals surface area contributed by atoms with Gasteiger partial charge < -0.3 is 15.0 Å². The lowest BCUT2D eigenvalue weighted by molar-refractivity contribution is -0.938. The first kappa shape index (κ1) is 19.9. The Morgan fingerprint density at radius 3 is 2.76 bits per heavy atom. The summed E-state index contributed by atoms with van der Waals surface area (Å²) in [6.45, 7) is 5.37. The number of fused-ring (bicyclic) bond motifs is 1. The van der Waals surface area contributed by atoms with E-state index in [1.807, 2.05) is 31.2 Å². The van der Waals surface area contributed by atoms with E-state index in [1.165, 1.54) is 20.2 Å². The van der Waals surface area contributed by atoms with Crippen molar-refractivity contribution in [2.24, 2.45) is 0 Å². The van der Waals surface area contributed by atoms with Crippen LogP contribution in [0.25, 0.3) is 0 Å². The summed E-state index contributed by atoms with van der Waals surface area (Å²) in [5.74, 6) is 0.690. The third-order valence-corrected chi connectivity index (χ3v) is 7.31. The average molecular weight is 415 g/mol. The van der Waals surface area contributed by atoms with Gasteiger partial charge in [-0.05, 0) is 55.8 Å². The van der Waals surface area contributed by atoms with Crippen molar-refractivity contribution in [1.29, 1.82) is 0 Å². The first-order chi connectivity index (χ1) is 13.9. The molecule has 3 atom stereocenters. The van der Waals surface area contributed by atoms with Crippen LogP contribution in [0.4, 0.5) is 4.79 Å². The molecule has 2 aliphatic rings. The van der Waals surface area contributed by atoms with Crippen LogP contribution in [0.1, 0.15) is 42.3 Å². The average Bonchev–Trinajstić information content (AvgIpc) is 3.28. The molecule has 0 radical (unpaired) electrons. The fourth-order valence-electron chi connectivity index (χ4n) is 4.32. The number of methoxy groups -OCH3 is 1. The van der Waals surface area contributed by atoms with Gasteiger partial charge in [0, 0.05) is 16.9 Å². The zero-order valence-electron chi connectivity index (χ0n) is 17.2. The third-order valence-electron chi connectivity index (χ3n) is 6.31. The maximum atomic E-state index is 13.1. The van der Waals surface area contributed by atoms with E-state index in [0.29, 0.717) is 19.5 Å². The monoisotopic (exact) mass is 414 g/mol. The van der Waals surface area contributed by atoms with Crippen LogP contribution in [0.15, 0.2) is 35.7 Å². The SMILES string of the molecule is COc1ccc(CC[C@@]2(C)NC(=O)N(C[NH+]3CCc4sccc4[C@@H]3C)C2=O)cc1. The largest absolute Gasteiger partial charge is 0.497 e. The minimum absolute atomic E-state index is 0.119. The Hall–Kier alpha value is -2.38. The standard InChI is InChI=1S/C22H27N3O3S/c1-15-18-10-13-29-19(18)9-12-24(15)14-25-20(26)22(2,23-21(25)27)11-8-16-4-6-17(28-3)7-5-16/h4-7,10,13,15H,8-9,11-12,14H2,1-3H3,(H,23,27)/p+1/t15-,22+/m0/s1. The van der Waals surface area contributed by atoms with Crippen LogP contribution in [0.3, 0.4) is 0 Å². The molecule has 1 unspecified atom stereocenters. The van der Waals surface area contributed by atoms with Gasteiger partial charge in [0.1, 0.15) is 17.3 Å². The molecule has 3 amide bonds. The number of rotatable bonds is 6. The zero-order valence-corrected chi connectivity index (χ0v) is 18.0. The highest BCUT2D eigenvalue weighted by molar-refractivity contribution is 7.10. The summed E-state index contributed by atoms with van der Waals surface area (Å²) >= 11 is 1.80. The van der Waals surface area contributed by atoms with Gasteiger partial charge in [-0.15, -0.1) is 11.3 Å². The molecule has 6 nitrogen and oxygen atoms in total. The van der Waals surface area contributed by atoms with E-state index in [-0.39, 0.29) is 18.0 Å². The highest BCUT2D eigenvalue weighted by Crippen LogP contribution is 2.26. The first-order valence-corrected chi connectivity index (χ1v) is 11.0. The molecule has 1 fully saturated rings. The minimum Gasteiger partial charge on any atom is -0.497 e. The number of imide groups is 1. The van der Waals surface area contributed by atoms with Crippen molar-refractivity contribution >= 4 is 23.3 Å². The number of aryl methyl sites for hydroxylation is 1. The van der Waals surface area contributed by atoms with Crippen molar-refractivity contribution in [2.45, 2.75) is 44.7 Å². The summed E-state index contributed by atoms with van der Waals surface area (Å²) < 4.78 is 5.19. The lowest BCUT2D eigenvalue weighted by Crippen LogP contribution is -3.14. The number of hydrogen-bond acceptors (Lipinski definition) is 4. The van der Waals surface area contributed by atoms with Crippen molar-refractivity contribution in [1.82, 2.24) is 10.2 Å². The Kier molecular flexibility index (Phi) is 5.36. The molecule has 154 valence electrons. The van der Waals surface area contributed by atoms with Gasteiger partial charge in [0.05, 0.1) is 13.7 Å². The van der Waals surface area contributed by atoms with E-state index >= 15 is 0 Å². The summed E-state index contributed by atoms with van der Waals surface area (Å²) in [6.07, 6.45) is 2.29. The van der Waals surface area contributed by atoms with Crippen molar-refractivity contribution in [3.63, 3.8) is 0 Å². The van der Waals surface area contributed by atoms with Gasteiger partial charge in [-0.3, -0.25) is 4.79 Å². The normalized spacial score (nSPS) is 26.4. The van der Waals surface area contributed by atoms with Gasteiger partial charge >= 0.3 is 6.03 Å². The molecule has 1 aromatic carbocycles. The summed E-state index contributed by atoms with van der Waals surface area (Å²) in [7, 11) is 1.64. The second kappa shape index (κ2) is 7.80. The number of ether oxygens (including phenoxy) is 1. The summed E-state index contributed by atoms with van der Waals surface area (Å²) in [5, 5.41) is 5.08. The van der Waals surface area contributed by atoms with Gasteiger partial charge in [-0.1, -0.05) is 12.1 Å². The van der Waals surface area contributed by atoms with Crippen molar-refractivity contribution in [3.8, 4) is 5.75 Å². The number of amides is 3. The molecule has 0 bridgehead atoms. The molecule has 3 heterocycles. The Balaban J connectivity index is 1.41. The topological polar surface area (TPSA) is 63.1 Å². The number of carbonyl (C=O) groups is 2. The number of urea groups is 1. The van der Waals surface area contributed by atoms with Gasteiger partial charge in [-0.2, -0.15) is 0 Å². The smallest absolute Gasteiger partial charge is 0.329 e. The predicted molar refractivity (Wildman–Crippen MR) is 112 cm³/mol. The summed E-state index contributed by atoms with van der Waals surface area (Å²) in [4.78, 5) is 29.9. The van der Waals surface area contributed by atoms with E-state index in [0.717, 1.165) is 24.3 Å². The molecule has 0 spiro atoms. The van der Waals surface area contributed by atoms with Gasteiger partial charge in [-0.25, -0.2) is 9.69 Å². The number of hydrogen-bond donors (Lipinski definition) is 2. The number of carbonyl (C=O) groups excluding carboxylic acids is 2. The Morgan fingerprint density at radius 1 is 1.28 bits per heavy atom. The molecule has 7 heteroatoms. The molecule has 0 aliphatic carbocycles. The molecule has 4 rings (SSSR count). The molecule has 1 saturated heterocycles. The maximum absolute atomic E-state index is 13.1. The quantitative estimate of drug-likeness (QED) is 0.712. The van der Waals surface area contributed by atoms with Gasteiger partial charge in [0.25, 0.3) is 5.91 Å². The molecule has 0 saturated carbocycles. The number of benzene rings is 1. The second-order valence-electron chi connectivity index (χ2n) is 8.18. The molecule has 29 heavy (non-hydrogen) atoms. The lowest BCUT2D eigenvalue weighted by atomic mass is 9.93. The van der Waals surface area contributed by atoms with E-state index in [9.17, 15) is 9.59 Å². The molecule has 1 aromatic heterocycles. The summed E-state index contributed by atoms with van der Waals surface area (Å²) in [6, 6.07) is 10.0. The number of quaternary nitrogens is 1. The van der Waals surface area contributed by atoms with E-state index < -0.39 is 5.54 Å². The van der Waals surface area contributed by atoms with Crippen LogP contribution in [0, 0.1) is 0 Å². The predicted octanol–water partition coefficient (Wildman–Crippen LogP) is 2.16. The fourth-order valence-corrected chi connectivity index (χ4v) is 5.30. The highest BCUT2D eigenvalue weighted by Gasteiger charge is 2.49.